The third-order valence-electron chi connectivity index (χ3n) is 2.31. The van der Waals surface area contributed by atoms with Crippen molar-refractivity contribution >= 4 is 0 Å². The van der Waals surface area contributed by atoms with Crippen LogP contribution in [0.2, 0.25) is 0 Å². The number of halogens is 1. The highest BCUT2D eigenvalue weighted by Gasteiger charge is 2.12. The number of hydrogen-bond acceptors (Lipinski definition) is 2. The van der Waals surface area contributed by atoms with Crippen LogP contribution in [0.25, 0.3) is 0 Å². The largest absolute Gasteiger partial charge is 0.469 e. The monoisotopic (exact) mass is 205 g/mol. The highest BCUT2D eigenvalue weighted by Crippen LogP contribution is 2.18. The highest BCUT2D eigenvalue weighted by molar-refractivity contribution is 5.22. The Labute approximate surface area is 87.5 Å². The van der Waals surface area contributed by atoms with E-state index in [-0.39, 0.29) is 11.9 Å². The van der Waals surface area contributed by atoms with Crippen molar-refractivity contribution in [2.45, 2.75) is 12.5 Å². The summed E-state index contributed by atoms with van der Waals surface area (Å²) >= 11 is 0. The number of hydrogen-bond donors (Lipinski definition) is 1. The zero-order valence-corrected chi connectivity index (χ0v) is 8.19. The quantitative estimate of drug-likeness (QED) is 0.836. The molecule has 0 radical (unpaired) electrons. The average molecular weight is 205 g/mol. The fourth-order valence-corrected chi connectivity index (χ4v) is 1.53. The van der Waals surface area contributed by atoms with Gasteiger partial charge in [0.05, 0.1) is 6.26 Å². The summed E-state index contributed by atoms with van der Waals surface area (Å²) in [5, 5.41) is 0. The van der Waals surface area contributed by atoms with Crippen LogP contribution >= 0.6 is 0 Å². The van der Waals surface area contributed by atoms with E-state index in [9.17, 15) is 4.39 Å². The predicted octanol–water partition coefficient (Wildman–Crippen LogP) is 2.66. The molecule has 1 aromatic carbocycles. The molecule has 0 aliphatic rings. The summed E-state index contributed by atoms with van der Waals surface area (Å²) in [4.78, 5) is 0. The minimum atomic E-state index is -0.364. The molecule has 2 aromatic rings. The van der Waals surface area contributed by atoms with Crippen molar-refractivity contribution in [2.75, 3.05) is 0 Å². The van der Waals surface area contributed by atoms with E-state index in [0.29, 0.717) is 12.0 Å². The molecule has 78 valence electrons. The average Bonchev–Trinajstić information content (AvgIpc) is 2.71. The maximum Gasteiger partial charge on any atom is 0.127 e. The number of benzene rings is 1. The second-order valence-corrected chi connectivity index (χ2v) is 3.41. The molecule has 0 saturated heterocycles. The first-order valence-electron chi connectivity index (χ1n) is 4.80. The summed E-state index contributed by atoms with van der Waals surface area (Å²) in [5.41, 5.74) is 6.41. The molecule has 0 saturated carbocycles. The molecule has 0 aliphatic heterocycles. The Bertz CT molecular complexity index is 425. The molecular formula is C12H12FNO. The van der Waals surface area contributed by atoms with E-state index >= 15 is 0 Å². The summed E-state index contributed by atoms with van der Waals surface area (Å²) in [6.45, 7) is 0. The first kappa shape index (κ1) is 9.93. The van der Waals surface area contributed by atoms with Gasteiger partial charge in [-0.3, -0.25) is 0 Å². The molecular weight excluding hydrogens is 193 g/mol. The lowest BCUT2D eigenvalue weighted by atomic mass is 10.0. The molecule has 3 heteroatoms. The maximum atomic E-state index is 13.4. The summed E-state index contributed by atoms with van der Waals surface area (Å²) in [6.07, 6.45) is 2.09. The Morgan fingerprint density at radius 1 is 1.20 bits per heavy atom. The van der Waals surface area contributed by atoms with Crippen LogP contribution in [0.5, 0.6) is 0 Å². The Morgan fingerprint density at radius 2 is 2.00 bits per heavy atom. The molecule has 0 bridgehead atoms. The SMILES string of the molecule is NC(Cc1ccco1)c1ccccc1F. The zero-order valence-electron chi connectivity index (χ0n) is 8.19. The van der Waals surface area contributed by atoms with Gasteiger partial charge < -0.3 is 10.2 Å². The summed E-state index contributed by atoms with van der Waals surface area (Å²) in [7, 11) is 0. The van der Waals surface area contributed by atoms with E-state index in [1.807, 2.05) is 6.07 Å². The fourth-order valence-electron chi connectivity index (χ4n) is 1.53. The van der Waals surface area contributed by atoms with Gasteiger partial charge in [0.15, 0.2) is 0 Å². The topological polar surface area (TPSA) is 39.2 Å². The van der Waals surface area contributed by atoms with Crippen LogP contribution in [0.3, 0.4) is 0 Å². The van der Waals surface area contributed by atoms with Gasteiger partial charge in [-0.05, 0) is 18.2 Å². The van der Waals surface area contributed by atoms with E-state index in [0.717, 1.165) is 5.76 Å². The molecule has 0 amide bonds. The molecule has 1 aromatic heterocycles. The molecule has 1 heterocycles. The van der Waals surface area contributed by atoms with Crippen LogP contribution in [-0.2, 0) is 6.42 Å². The second kappa shape index (κ2) is 4.28. The van der Waals surface area contributed by atoms with Gasteiger partial charge in [-0.15, -0.1) is 0 Å². The van der Waals surface area contributed by atoms with Crippen LogP contribution in [-0.4, -0.2) is 0 Å². The minimum Gasteiger partial charge on any atom is -0.469 e. The Hall–Kier alpha value is -1.61. The molecule has 2 N–H and O–H groups in total. The van der Waals surface area contributed by atoms with Crippen molar-refractivity contribution in [3.8, 4) is 0 Å². The first-order chi connectivity index (χ1) is 7.27. The van der Waals surface area contributed by atoms with E-state index in [1.165, 1.54) is 6.07 Å². The van der Waals surface area contributed by atoms with Crippen LogP contribution in [0.15, 0.2) is 47.1 Å². The van der Waals surface area contributed by atoms with Gasteiger partial charge in [-0.1, -0.05) is 18.2 Å². The number of nitrogens with two attached hydrogens (primary N) is 1. The minimum absolute atomic E-state index is 0.267. The lowest BCUT2D eigenvalue weighted by Gasteiger charge is -2.10. The van der Waals surface area contributed by atoms with Crippen molar-refractivity contribution in [3.63, 3.8) is 0 Å². The third kappa shape index (κ3) is 2.25. The van der Waals surface area contributed by atoms with Crippen LogP contribution in [0, 0.1) is 5.82 Å². The molecule has 0 aliphatic carbocycles. The van der Waals surface area contributed by atoms with E-state index in [4.69, 9.17) is 10.2 Å². The van der Waals surface area contributed by atoms with Gasteiger partial charge in [0.25, 0.3) is 0 Å². The van der Waals surface area contributed by atoms with Gasteiger partial charge in [-0.2, -0.15) is 0 Å². The lowest BCUT2D eigenvalue weighted by molar-refractivity contribution is 0.481. The van der Waals surface area contributed by atoms with Crippen LogP contribution in [0.1, 0.15) is 17.4 Å². The first-order valence-corrected chi connectivity index (χ1v) is 4.80. The summed E-state index contributed by atoms with van der Waals surface area (Å²) in [6, 6.07) is 9.81. The van der Waals surface area contributed by atoms with Crippen LogP contribution in [0.4, 0.5) is 4.39 Å². The van der Waals surface area contributed by atoms with Gasteiger partial charge in [0.1, 0.15) is 11.6 Å². The number of rotatable bonds is 3. The van der Waals surface area contributed by atoms with Crippen molar-refractivity contribution in [1.82, 2.24) is 0 Å². The zero-order chi connectivity index (χ0) is 10.7. The molecule has 2 rings (SSSR count). The Kier molecular flexibility index (Phi) is 2.83. The van der Waals surface area contributed by atoms with E-state index in [2.05, 4.69) is 0 Å². The standard InChI is InChI=1S/C12H12FNO/c13-11-6-2-1-5-10(11)12(14)8-9-4-3-7-15-9/h1-7,12H,8,14H2. The molecule has 0 spiro atoms. The van der Waals surface area contributed by atoms with E-state index < -0.39 is 0 Å². The molecule has 1 unspecified atom stereocenters. The molecule has 15 heavy (non-hydrogen) atoms. The van der Waals surface area contributed by atoms with Gasteiger partial charge >= 0.3 is 0 Å². The van der Waals surface area contributed by atoms with Crippen molar-refractivity contribution in [2.24, 2.45) is 5.73 Å². The van der Waals surface area contributed by atoms with Crippen LogP contribution < -0.4 is 5.73 Å². The fraction of sp³-hybridized carbons (Fsp3) is 0.167. The predicted molar refractivity (Wildman–Crippen MR) is 55.7 cm³/mol. The highest BCUT2D eigenvalue weighted by atomic mass is 19.1. The van der Waals surface area contributed by atoms with Crippen molar-refractivity contribution in [1.29, 1.82) is 0 Å². The lowest BCUT2D eigenvalue weighted by Crippen LogP contribution is -2.14. The maximum absolute atomic E-state index is 13.4. The van der Waals surface area contributed by atoms with Crippen molar-refractivity contribution in [3.05, 3.63) is 59.8 Å². The third-order valence-corrected chi connectivity index (χ3v) is 2.31. The summed E-state index contributed by atoms with van der Waals surface area (Å²) in [5.74, 6) is 0.502. The molecule has 0 fully saturated rings. The summed E-state index contributed by atoms with van der Waals surface area (Å²) < 4.78 is 18.5. The second-order valence-electron chi connectivity index (χ2n) is 3.41. The van der Waals surface area contributed by atoms with Gasteiger partial charge in [0.2, 0.25) is 0 Å². The Morgan fingerprint density at radius 3 is 2.67 bits per heavy atom. The smallest absolute Gasteiger partial charge is 0.127 e. The number of furan rings is 1. The Balaban J connectivity index is 2.15. The molecule has 1 atom stereocenters. The van der Waals surface area contributed by atoms with Crippen molar-refractivity contribution < 1.29 is 8.81 Å². The normalized spacial score (nSPS) is 12.7. The van der Waals surface area contributed by atoms with E-state index in [1.54, 1.807) is 30.5 Å². The van der Waals surface area contributed by atoms with Gasteiger partial charge in [-0.25, -0.2) is 4.39 Å². The molecule has 2 nitrogen and oxygen atoms in total. The van der Waals surface area contributed by atoms with Gasteiger partial charge in [0, 0.05) is 18.0 Å².